The smallest absolute Gasteiger partial charge is 0.410 e. The van der Waals surface area contributed by atoms with Gasteiger partial charge in [0.1, 0.15) is 23.0 Å². The number of aryl methyl sites for hydroxylation is 1. The molecular weight excluding hydrogens is 505 g/mol. The number of aromatic nitrogens is 3. The number of hydrogen-bond donors (Lipinski definition) is 0. The molecule has 0 saturated carbocycles. The lowest BCUT2D eigenvalue weighted by Crippen LogP contribution is -2.65. The van der Waals surface area contributed by atoms with E-state index in [0.29, 0.717) is 52.7 Å². The predicted octanol–water partition coefficient (Wildman–Crippen LogP) is 5.28. The van der Waals surface area contributed by atoms with Crippen molar-refractivity contribution in [3.63, 3.8) is 0 Å². The van der Waals surface area contributed by atoms with Crippen LogP contribution in [-0.2, 0) is 9.47 Å². The molecule has 0 radical (unpaired) electrons. The van der Waals surface area contributed by atoms with Crippen molar-refractivity contribution in [2.45, 2.75) is 83.3 Å². The molecular formula is C28H36FN5O5. The summed E-state index contributed by atoms with van der Waals surface area (Å²) in [6.45, 7) is 7.32. The zero-order valence-corrected chi connectivity index (χ0v) is 23.3. The van der Waals surface area contributed by atoms with Crippen LogP contribution in [0.2, 0.25) is 0 Å². The van der Waals surface area contributed by atoms with Crippen LogP contribution < -0.4 is 9.64 Å². The van der Waals surface area contributed by atoms with Crippen LogP contribution in [-0.4, -0.2) is 77.0 Å². The first-order chi connectivity index (χ1) is 18.6. The van der Waals surface area contributed by atoms with Gasteiger partial charge in [0.05, 0.1) is 17.8 Å². The lowest BCUT2D eigenvalue weighted by molar-refractivity contribution is -0.0467. The molecule has 2 aliphatic heterocycles. The molecule has 2 fully saturated rings. The molecule has 4 heterocycles. The van der Waals surface area contributed by atoms with E-state index in [1.54, 1.807) is 25.0 Å². The normalized spacial score (nSPS) is 23.1. The lowest BCUT2D eigenvalue weighted by Gasteiger charge is -2.52. The van der Waals surface area contributed by atoms with Crippen LogP contribution in [0.1, 0.15) is 52.3 Å². The van der Waals surface area contributed by atoms with Crippen molar-refractivity contribution in [3.05, 3.63) is 30.2 Å². The van der Waals surface area contributed by atoms with E-state index in [1.807, 2.05) is 50.9 Å². The Morgan fingerprint density at radius 2 is 2.03 bits per heavy atom. The Hall–Kier alpha value is -3.47. The maximum absolute atomic E-state index is 16.0. The number of benzene rings is 1. The monoisotopic (exact) mass is 541 g/mol. The highest BCUT2D eigenvalue weighted by Gasteiger charge is 2.50. The zero-order chi connectivity index (χ0) is 27.9. The van der Waals surface area contributed by atoms with E-state index >= 15 is 4.39 Å². The first kappa shape index (κ1) is 27.1. The Morgan fingerprint density at radius 1 is 1.23 bits per heavy atom. The van der Waals surface area contributed by atoms with Gasteiger partial charge >= 0.3 is 6.09 Å². The van der Waals surface area contributed by atoms with Gasteiger partial charge in [-0.1, -0.05) is 0 Å². The number of carbonyl (C=O) groups excluding carboxylic acids is 1. The molecule has 2 bridgehead atoms. The van der Waals surface area contributed by atoms with E-state index in [0.717, 1.165) is 12.8 Å². The predicted molar refractivity (Wildman–Crippen MR) is 143 cm³/mol. The molecule has 4 atom stereocenters. The molecule has 5 rings (SSSR count). The number of alkyl halides is 1. The van der Waals surface area contributed by atoms with Crippen molar-refractivity contribution in [2.75, 3.05) is 25.9 Å². The highest BCUT2D eigenvalue weighted by atomic mass is 19.1. The summed E-state index contributed by atoms with van der Waals surface area (Å²) in [6.07, 6.45) is 1.14. The minimum Gasteiger partial charge on any atom is -0.467 e. The average molecular weight is 542 g/mol. The van der Waals surface area contributed by atoms with Gasteiger partial charge in [0.2, 0.25) is 0 Å². The highest BCUT2D eigenvalue weighted by molar-refractivity contribution is 5.84. The minimum atomic E-state index is -1.24. The van der Waals surface area contributed by atoms with E-state index in [1.165, 1.54) is 0 Å². The third-order valence-corrected chi connectivity index (χ3v) is 7.36. The summed E-state index contributed by atoms with van der Waals surface area (Å²) in [5.41, 5.74) is 1.90. The number of halogens is 1. The second kappa shape index (κ2) is 10.6. The molecule has 0 aliphatic carbocycles. The van der Waals surface area contributed by atoms with E-state index in [2.05, 4.69) is 15.2 Å². The fraction of sp³-hybridized carbons (Fsp3) is 0.571. The Balaban J connectivity index is 1.37. The van der Waals surface area contributed by atoms with Gasteiger partial charge < -0.3 is 23.5 Å². The van der Waals surface area contributed by atoms with Gasteiger partial charge in [0.25, 0.3) is 0 Å². The molecule has 2 saturated heterocycles. The molecule has 39 heavy (non-hydrogen) atoms. The van der Waals surface area contributed by atoms with E-state index in [9.17, 15) is 4.79 Å². The lowest BCUT2D eigenvalue weighted by atomic mass is 9.80. The number of fused-ring (bicyclic) bond motifs is 3. The second-order valence-corrected chi connectivity index (χ2v) is 11.3. The fourth-order valence-electron chi connectivity index (χ4n) is 5.63. The van der Waals surface area contributed by atoms with Crippen molar-refractivity contribution in [1.29, 1.82) is 0 Å². The number of anilines is 1. The fourth-order valence-corrected chi connectivity index (χ4v) is 5.63. The molecule has 1 amide bonds. The quantitative estimate of drug-likeness (QED) is 0.386. The molecule has 210 valence electrons. The molecule has 0 spiro atoms. The number of ether oxygens (including phenoxy) is 3. The summed E-state index contributed by atoms with van der Waals surface area (Å²) in [5.74, 6) is 1.64. The van der Waals surface area contributed by atoms with E-state index in [-0.39, 0.29) is 12.8 Å². The number of rotatable bonds is 6. The topological polar surface area (TPSA) is 103 Å². The van der Waals surface area contributed by atoms with Gasteiger partial charge in [-0.25, -0.2) is 14.2 Å². The summed E-state index contributed by atoms with van der Waals surface area (Å²) in [6, 6.07) is 6.21. The van der Waals surface area contributed by atoms with Crippen molar-refractivity contribution >= 4 is 23.0 Å². The molecule has 0 N–H and O–H groups in total. The number of oxazole rings is 1. The summed E-state index contributed by atoms with van der Waals surface area (Å²) in [4.78, 5) is 20.8. The standard InChI is InChI=1S/C28H36FN5O5/c1-16-30-20-14-23(37-15-36-6)18(13-24(20)38-16)19-10-11-25(32-31-19)33(5)22-12-17-8-7-9-21(26(22)29)34(17)27(35)39-28(2,3)4/h10-11,13-14,17,21-22,26H,7-9,12,15H2,1-6H3/t17-,21+,22-,26+/m0/s1. The molecule has 1 aromatic carbocycles. The number of hydrogen-bond acceptors (Lipinski definition) is 9. The molecule has 2 aromatic heterocycles. The van der Waals surface area contributed by atoms with Crippen LogP contribution in [0.5, 0.6) is 5.75 Å². The van der Waals surface area contributed by atoms with Gasteiger partial charge in [-0.2, -0.15) is 0 Å². The van der Waals surface area contributed by atoms with Gasteiger partial charge in [0, 0.05) is 38.8 Å². The number of methoxy groups -OCH3 is 1. The molecule has 3 aromatic rings. The molecule has 10 nitrogen and oxygen atoms in total. The molecule has 0 unspecified atom stereocenters. The number of piperidine rings is 2. The van der Waals surface area contributed by atoms with E-state index < -0.39 is 29.9 Å². The summed E-state index contributed by atoms with van der Waals surface area (Å²) >= 11 is 0. The zero-order valence-electron chi connectivity index (χ0n) is 23.3. The number of nitrogens with zero attached hydrogens (tertiary/aromatic N) is 5. The van der Waals surface area contributed by atoms with Crippen LogP contribution in [0.4, 0.5) is 15.0 Å². The summed E-state index contributed by atoms with van der Waals surface area (Å²) in [7, 11) is 3.38. The first-order valence-corrected chi connectivity index (χ1v) is 13.3. The van der Waals surface area contributed by atoms with Crippen LogP contribution in [0.15, 0.2) is 28.7 Å². The maximum atomic E-state index is 16.0. The Kier molecular flexibility index (Phi) is 7.37. The SMILES string of the molecule is COCOc1cc2nc(C)oc2cc1-c1ccc(N(C)[C@H]2C[C@@H]3CCC[C@H]([C@H]2F)N3C(=O)OC(C)(C)C)nn1. The van der Waals surface area contributed by atoms with Gasteiger partial charge in [-0.3, -0.25) is 4.90 Å². The van der Waals surface area contributed by atoms with Crippen LogP contribution in [0.3, 0.4) is 0 Å². The molecule has 11 heteroatoms. The summed E-state index contributed by atoms with van der Waals surface area (Å²) in [5, 5.41) is 8.89. The van der Waals surface area contributed by atoms with E-state index in [4.69, 9.17) is 18.6 Å². The number of carbonyl (C=O) groups is 1. The van der Waals surface area contributed by atoms with Crippen molar-refractivity contribution < 1.29 is 27.8 Å². The minimum absolute atomic E-state index is 0.0613. The summed E-state index contributed by atoms with van der Waals surface area (Å²) < 4.78 is 38.1. The molecule has 2 aliphatic rings. The van der Waals surface area contributed by atoms with Crippen molar-refractivity contribution in [2.24, 2.45) is 0 Å². The Morgan fingerprint density at radius 3 is 2.72 bits per heavy atom. The van der Waals surface area contributed by atoms with Crippen LogP contribution in [0.25, 0.3) is 22.4 Å². The third kappa shape index (κ3) is 5.50. The van der Waals surface area contributed by atoms with Gasteiger partial charge in [0.15, 0.2) is 24.1 Å². The van der Waals surface area contributed by atoms with Crippen LogP contribution >= 0.6 is 0 Å². The third-order valence-electron chi connectivity index (χ3n) is 7.36. The number of amides is 1. The Bertz CT molecular complexity index is 1320. The average Bonchev–Trinajstić information content (AvgIpc) is 3.26. The Labute approximate surface area is 227 Å². The van der Waals surface area contributed by atoms with Gasteiger partial charge in [-0.15, -0.1) is 10.2 Å². The second-order valence-electron chi connectivity index (χ2n) is 11.3. The van der Waals surface area contributed by atoms with Crippen molar-refractivity contribution in [3.8, 4) is 17.0 Å². The highest BCUT2D eigenvalue weighted by Crippen LogP contribution is 2.40. The van der Waals surface area contributed by atoms with Crippen LogP contribution in [0, 0.1) is 6.92 Å². The largest absolute Gasteiger partial charge is 0.467 e. The van der Waals surface area contributed by atoms with Crippen molar-refractivity contribution in [1.82, 2.24) is 20.1 Å². The maximum Gasteiger partial charge on any atom is 0.410 e. The first-order valence-electron chi connectivity index (χ1n) is 13.3. The van der Waals surface area contributed by atoms with Gasteiger partial charge in [-0.05, 0) is 64.7 Å².